The number of hydrogen-bond acceptors (Lipinski definition) is 11. The number of methoxy groups -OCH3 is 1. The Morgan fingerprint density at radius 1 is 1.05 bits per heavy atom. The lowest BCUT2D eigenvalue weighted by Crippen LogP contribution is -2.41. The number of amides is 3. The topological polar surface area (TPSA) is 176 Å². The third-order valence-corrected chi connectivity index (χ3v) is 7.43. The highest BCUT2D eigenvalue weighted by Gasteiger charge is 2.30. The summed E-state index contributed by atoms with van der Waals surface area (Å²) in [5.74, 6) is -1.63. The monoisotopic (exact) mass is 580 g/mol. The Kier molecular flexibility index (Phi) is 7.49. The molecule has 4 N–H and O–H groups in total. The Morgan fingerprint density at radius 3 is 2.52 bits per heavy atom. The van der Waals surface area contributed by atoms with Gasteiger partial charge in [-0.1, -0.05) is 11.2 Å². The van der Waals surface area contributed by atoms with Crippen molar-refractivity contribution in [3.63, 3.8) is 0 Å². The maximum Gasteiger partial charge on any atom is 0.316 e. The lowest BCUT2D eigenvalue weighted by molar-refractivity contribution is -0.117. The van der Waals surface area contributed by atoms with E-state index in [1.807, 2.05) is 5.32 Å². The van der Waals surface area contributed by atoms with Gasteiger partial charge in [-0.05, 0) is 64.8 Å². The lowest BCUT2D eigenvalue weighted by atomic mass is 9.90. The second-order valence-corrected chi connectivity index (χ2v) is 10.6. The van der Waals surface area contributed by atoms with Crippen LogP contribution in [0.2, 0.25) is 0 Å². The van der Waals surface area contributed by atoms with E-state index in [1.165, 1.54) is 13.2 Å². The largest absolute Gasteiger partial charge is 0.494 e. The van der Waals surface area contributed by atoms with Crippen LogP contribution in [-0.2, 0) is 4.79 Å². The SMILES string of the molecule is [2H]C([2H])([2H])NC(=O)c1nnc(NC(=O)C2CC2)cc1Nc1cccc(-c2noc(C(=O)NC3CCC(N(C)C)CC3)n2)c1OC. The van der Waals surface area contributed by atoms with Gasteiger partial charge in [-0.3, -0.25) is 14.4 Å². The molecule has 0 unspecified atom stereocenters. The van der Waals surface area contributed by atoms with E-state index in [0.717, 1.165) is 38.5 Å². The summed E-state index contributed by atoms with van der Waals surface area (Å²) in [6.07, 6.45) is 5.18. The van der Waals surface area contributed by atoms with Crippen molar-refractivity contribution < 1.29 is 27.8 Å². The van der Waals surface area contributed by atoms with Crippen molar-refractivity contribution in [2.45, 2.75) is 50.6 Å². The first-order valence-electron chi connectivity index (χ1n) is 15.2. The molecule has 5 rings (SSSR count). The fraction of sp³-hybridized carbons (Fsp3) is 0.464. The summed E-state index contributed by atoms with van der Waals surface area (Å²) in [5, 5.41) is 22.3. The second-order valence-electron chi connectivity index (χ2n) is 10.6. The summed E-state index contributed by atoms with van der Waals surface area (Å²) in [5.41, 5.74) is 0.403. The smallest absolute Gasteiger partial charge is 0.316 e. The summed E-state index contributed by atoms with van der Waals surface area (Å²) in [4.78, 5) is 44.5. The van der Waals surface area contributed by atoms with Gasteiger partial charge in [0.25, 0.3) is 5.91 Å². The van der Waals surface area contributed by atoms with E-state index >= 15 is 0 Å². The number of ether oxygens (including phenoxy) is 1. The van der Waals surface area contributed by atoms with Crippen LogP contribution < -0.4 is 26.0 Å². The van der Waals surface area contributed by atoms with Crippen LogP contribution in [0.1, 0.15) is 63.8 Å². The van der Waals surface area contributed by atoms with E-state index in [9.17, 15) is 14.4 Å². The van der Waals surface area contributed by atoms with Crippen molar-refractivity contribution in [2.24, 2.45) is 5.92 Å². The minimum absolute atomic E-state index is 0.00995. The molecule has 3 amide bonds. The molecule has 0 saturated heterocycles. The molecule has 2 saturated carbocycles. The van der Waals surface area contributed by atoms with Crippen LogP contribution in [0.3, 0.4) is 0 Å². The summed E-state index contributed by atoms with van der Waals surface area (Å²) in [7, 11) is 5.52. The highest BCUT2D eigenvalue weighted by molar-refractivity contribution is 6.00. The molecule has 0 aliphatic heterocycles. The molecule has 42 heavy (non-hydrogen) atoms. The summed E-state index contributed by atoms with van der Waals surface area (Å²) in [6, 6.07) is 6.82. The molecule has 2 aliphatic carbocycles. The molecule has 2 aromatic heterocycles. The Hall–Kier alpha value is -4.59. The van der Waals surface area contributed by atoms with Crippen LogP contribution in [0.15, 0.2) is 28.8 Å². The molecule has 1 aromatic carbocycles. The van der Waals surface area contributed by atoms with Gasteiger partial charge in [0.1, 0.15) is 0 Å². The van der Waals surface area contributed by atoms with Gasteiger partial charge in [0, 0.05) is 35.2 Å². The Bertz CT molecular complexity index is 1570. The van der Waals surface area contributed by atoms with E-state index in [2.05, 4.69) is 55.3 Å². The van der Waals surface area contributed by atoms with Crippen molar-refractivity contribution in [3.8, 4) is 17.1 Å². The summed E-state index contributed by atoms with van der Waals surface area (Å²) in [6.45, 7) is -2.78. The molecule has 3 aromatic rings. The standard InChI is InChI=1S/C28H35N9O5/c1-29-26(39)22-20(14-21(34-35-22)32-25(38)15-8-9-15)31-19-7-5-6-18(23(19)41-4)24-33-28(42-36-24)27(40)30-16-10-12-17(13-11-16)37(2)3/h5-7,14-17H,8-13H2,1-4H3,(H,29,39)(H,30,40)(H2,31,32,34,38)/i1D3. The fourth-order valence-electron chi connectivity index (χ4n) is 4.93. The molecular formula is C28H35N9O5. The number of benzene rings is 1. The molecular weight excluding hydrogens is 542 g/mol. The molecule has 2 aliphatic rings. The zero-order valence-corrected chi connectivity index (χ0v) is 23.6. The van der Waals surface area contributed by atoms with Crippen molar-refractivity contribution in [3.05, 3.63) is 35.9 Å². The average Bonchev–Trinajstić information content (AvgIpc) is 3.73. The highest BCUT2D eigenvalue weighted by atomic mass is 16.5. The van der Waals surface area contributed by atoms with Crippen LogP contribution in [0.4, 0.5) is 17.2 Å². The number of carbonyl (C=O) groups is 3. The van der Waals surface area contributed by atoms with Gasteiger partial charge >= 0.3 is 11.8 Å². The van der Waals surface area contributed by atoms with Crippen LogP contribution in [0, 0.1) is 5.92 Å². The molecule has 222 valence electrons. The number of hydrogen-bond donors (Lipinski definition) is 4. The Balaban J connectivity index is 1.38. The first-order chi connectivity index (χ1) is 21.4. The lowest BCUT2D eigenvalue weighted by Gasteiger charge is -2.32. The van der Waals surface area contributed by atoms with Crippen molar-refractivity contribution in [1.29, 1.82) is 0 Å². The Morgan fingerprint density at radius 2 is 1.83 bits per heavy atom. The number of rotatable bonds is 10. The minimum atomic E-state index is -2.78. The quantitative estimate of drug-likeness (QED) is 0.277. The van der Waals surface area contributed by atoms with Crippen molar-refractivity contribution in [1.82, 2.24) is 35.9 Å². The van der Waals surface area contributed by atoms with Crippen LogP contribution >= 0.6 is 0 Å². The number of para-hydroxylation sites is 1. The van der Waals surface area contributed by atoms with Crippen LogP contribution in [-0.4, -0.2) is 83.2 Å². The highest BCUT2D eigenvalue weighted by Crippen LogP contribution is 2.37. The molecule has 0 radical (unpaired) electrons. The molecule has 0 atom stereocenters. The van der Waals surface area contributed by atoms with Crippen molar-refractivity contribution in [2.75, 3.05) is 38.8 Å². The molecule has 0 bridgehead atoms. The maximum absolute atomic E-state index is 12.9. The molecule has 14 nitrogen and oxygen atoms in total. The van der Waals surface area contributed by atoms with Gasteiger partial charge in [-0.15, -0.1) is 10.2 Å². The second kappa shape index (κ2) is 12.5. The fourth-order valence-corrected chi connectivity index (χ4v) is 4.93. The summed E-state index contributed by atoms with van der Waals surface area (Å²) < 4.78 is 33.2. The minimum Gasteiger partial charge on any atom is -0.494 e. The molecule has 2 heterocycles. The summed E-state index contributed by atoms with van der Waals surface area (Å²) >= 11 is 0. The number of nitrogens with one attached hydrogen (secondary N) is 4. The maximum atomic E-state index is 12.9. The van der Waals surface area contributed by atoms with Crippen LogP contribution in [0.5, 0.6) is 5.75 Å². The molecule has 2 fully saturated rings. The van der Waals surface area contributed by atoms with Gasteiger partial charge in [0.2, 0.25) is 11.7 Å². The van der Waals surface area contributed by atoms with Gasteiger partial charge in [0.05, 0.1) is 24.0 Å². The van der Waals surface area contributed by atoms with Gasteiger partial charge in [-0.2, -0.15) is 4.98 Å². The van der Waals surface area contributed by atoms with Crippen molar-refractivity contribution >= 4 is 34.9 Å². The number of aromatic nitrogens is 4. The number of anilines is 3. The van der Waals surface area contributed by atoms with Crippen LogP contribution in [0.25, 0.3) is 11.4 Å². The predicted octanol–water partition coefficient (Wildman–Crippen LogP) is 2.59. The zero-order valence-electron chi connectivity index (χ0n) is 26.6. The normalized spacial score (nSPS) is 19.7. The molecule has 14 heteroatoms. The average molecular weight is 581 g/mol. The first-order valence-corrected chi connectivity index (χ1v) is 13.7. The zero-order chi connectivity index (χ0) is 32.3. The number of nitrogens with zero attached hydrogens (tertiary/aromatic N) is 5. The predicted molar refractivity (Wildman–Crippen MR) is 154 cm³/mol. The van der Waals surface area contributed by atoms with E-state index in [-0.39, 0.29) is 52.5 Å². The van der Waals surface area contributed by atoms with E-state index in [0.29, 0.717) is 17.3 Å². The third-order valence-electron chi connectivity index (χ3n) is 7.43. The van der Waals surface area contributed by atoms with E-state index in [1.54, 1.807) is 18.2 Å². The van der Waals surface area contributed by atoms with E-state index < -0.39 is 18.8 Å². The third kappa shape index (κ3) is 6.48. The van der Waals surface area contributed by atoms with Gasteiger partial charge < -0.3 is 35.4 Å². The van der Waals surface area contributed by atoms with Gasteiger partial charge in [-0.25, -0.2) is 0 Å². The molecule has 0 spiro atoms. The van der Waals surface area contributed by atoms with E-state index in [4.69, 9.17) is 13.4 Å². The Labute approximate surface area is 247 Å². The number of carbonyl (C=O) groups excluding carboxylic acids is 3. The van der Waals surface area contributed by atoms with Gasteiger partial charge in [0.15, 0.2) is 17.3 Å². The first kappa shape index (κ1) is 25.1.